The quantitative estimate of drug-likeness (QED) is 0.928. The lowest BCUT2D eigenvalue weighted by molar-refractivity contribution is 0.0686. The highest BCUT2D eigenvalue weighted by Crippen LogP contribution is 2.36. The first-order chi connectivity index (χ1) is 9.70. The number of fused-ring (bicyclic) bond motifs is 1. The van der Waals surface area contributed by atoms with Crippen LogP contribution in [0.15, 0.2) is 28.8 Å². The van der Waals surface area contributed by atoms with E-state index in [1.807, 2.05) is 6.07 Å². The molecule has 1 aromatic heterocycles. The summed E-state index contributed by atoms with van der Waals surface area (Å²) in [6.45, 7) is 2.00. The van der Waals surface area contributed by atoms with Crippen LogP contribution in [0.25, 0.3) is 11.3 Å². The van der Waals surface area contributed by atoms with E-state index in [0.29, 0.717) is 5.76 Å². The molecule has 0 spiro atoms. The second-order valence-corrected chi connectivity index (χ2v) is 5.50. The second kappa shape index (κ2) is 4.18. The van der Waals surface area contributed by atoms with Crippen molar-refractivity contribution in [2.45, 2.75) is 32.0 Å². The highest BCUT2D eigenvalue weighted by atomic mass is 16.5. The highest BCUT2D eigenvalue weighted by Gasteiger charge is 2.33. The molecule has 0 unspecified atom stereocenters. The maximum Gasteiger partial charge on any atom is 0.358 e. The lowest BCUT2D eigenvalue weighted by Gasteiger charge is -2.11. The number of hydrogen-bond donors (Lipinski definition) is 1. The summed E-state index contributed by atoms with van der Waals surface area (Å²) in [6, 6.07) is 8.40. The standard InChI is InChI=1S/C15H14N2O3/c18-15(19)13-6-14(20-16-13)9-1-2-10-7-17(12-3-4-12)8-11(10)5-9/h1-2,5-6,12H,3-4,7-8H2,(H,18,19). The Labute approximate surface area is 115 Å². The largest absolute Gasteiger partial charge is 0.476 e. The lowest BCUT2D eigenvalue weighted by atomic mass is 10.0. The van der Waals surface area contributed by atoms with Gasteiger partial charge in [0.25, 0.3) is 0 Å². The molecule has 0 bridgehead atoms. The molecule has 102 valence electrons. The number of carbonyl (C=O) groups is 1. The molecule has 1 aliphatic carbocycles. The van der Waals surface area contributed by atoms with Crippen LogP contribution in [0.4, 0.5) is 0 Å². The molecule has 1 aliphatic heterocycles. The van der Waals surface area contributed by atoms with E-state index in [9.17, 15) is 4.79 Å². The molecule has 2 aliphatic rings. The van der Waals surface area contributed by atoms with Crippen molar-refractivity contribution in [2.75, 3.05) is 0 Å². The Morgan fingerprint density at radius 3 is 2.75 bits per heavy atom. The van der Waals surface area contributed by atoms with Crippen LogP contribution in [0, 0.1) is 0 Å². The van der Waals surface area contributed by atoms with Gasteiger partial charge in [0.05, 0.1) is 0 Å². The van der Waals surface area contributed by atoms with Crippen molar-refractivity contribution >= 4 is 5.97 Å². The van der Waals surface area contributed by atoms with Gasteiger partial charge in [0.2, 0.25) is 0 Å². The Hall–Kier alpha value is -2.14. The van der Waals surface area contributed by atoms with Crippen molar-refractivity contribution in [1.82, 2.24) is 10.1 Å². The van der Waals surface area contributed by atoms with Crippen LogP contribution in [0.3, 0.4) is 0 Å². The number of carboxylic acid groups (broad SMARTS) is 1. The van der Waals surface area contributed by atoms with Gasteiger partial charge in [0.1, 0.15) is 0 Å². The minimum absolute atomic E-state index is 0.0555. The first kappa shape index (κ1) is 11.7. The number of nitrogens with zero attached hydrogens (tertiary/aromatic N) is 2. The summed E-state index contributed by atoms with van der Waals surface area (Å²) in [7, 11) is 0. The Bertz CT molecular complexity index is 688. The Morgan fingerprint density at radius 2 is 2.05 bits per heavy atom. The third kappa shape index (κ3) is 1.91. The smallest absolute Gasteiger partial charge is 0.358 e. The Balaban J connectivity index is 1.64. The third-order valence-electron chi connectivity index (χ3n) is 4.03. The highest BCUT2D eigenvalue weighted by molar-refractivity contribution is 5.86. The molecule has 2 heterocycles. The zero-order chi connectivity index (χ0) is 13.7. The summed E-state index contributed by atoms with van der Waals surface area (Å²) in [4.78, 5) is 13.3. The molecule has 0 amide bonds. The summed E-state index contributed by atoms with van der Waals surface area (Å²) in [6.07, 6.45) is 2.62. The molecule has 5 heteroatoms. The first-order valence-electron chi connectivity index (χ1n) is 6.77. The molecule has 1 fully saturated rings. The van der Waals surface area contributed by atoms with Crippen molar-refractivity contribution in [3.63, 3.8) is 0 Å². The van der Waals surface area contributed by atoms with Crippen molar-refractivity contribution in [2.24, 2.45) is 0 Å². The van der Waals surface area contributed by atoms with Gasteiger partial charge in [0.15, 0.2) is 11.5 Å². The molecule has 0 radical (unpaired) electrons. The summed E-state index contributed by atoms with van der Waals surface area (Å²) in [5.74, 6) is -0.559. The van der Waals surface area contributed by atoms with Crippen LogP contribution in [0.2, 0.25) is 0 Å². The summed E-state index contributed by atoms with van der Waals surface area (Å²) < 4.78 is 5.11. The number of rotatable bonds is 3. The van der Waals surface area contributed by atoms with E-state index in [1.165, 1.54) is 30.0 Å². The molecule has 2 aromatic rings. The normalized spacial score (nSPS) is 18.2. The molecule has 20 heavy (non-hydrogen) atoms. The zero-order valence-electron chi connectivity index (χ0n) is 10.9. The third-order valence-corrected chi connectivity index (χ3v) is 4.03. The summed E-state index contributed by atoms with van der Waals surface area (Å²) in [5.41, 5.74) is 3.50. The minimum Gasteiger partial charge on any atom is -0.476 e. The first-order valence-corrected chi connectivity index (χ1v) is 6.77. The molecule has 1 N–H and O–H groups in total. The van der Waals surface area contributed by atoms with Crippen LogP contribution < -0.4 is 0 Å². The second-order valence-electron chi connectivity index (χ2n) is 5.50. The predicted molar refractivity (Wildman–Crippen MR) is 71.2 cm³/mol. The number of carboxylic acids is 1. The topological polar surface area (TPSA) is 66.6 Å². The molecule has 0 saturated heterocycles. The molecule has 4 rings (SSSR count). The monoisotopic (exact) mass is 270 g/mol. The Kier molecular flexibility index (Phi) is 2.44. The van der Waals surface area contributed by atoms with Gasteiger partial charge in [0, 0.05) is 30.8 Å². The molecular weight excluding hydrogens is 256 g/mol. The van der Waals surface area contributed by atoms with Crippen molar-refractivity contribution in [3.05, 3.63) is 41.1 Å². The minimum atomic E-state index is -1.07. The van der Waals surface area contributed by atoms with Gasteiger partial charge in [-0.1, -0.05) is 17.3 Å². The van der Waals surface area contributed by atoms with Gasteiger partial charge < -0.3 is 9.63 Å². The predicted octanol–water partition coefficient (Wildman–Crippen LogP) is 2.52. The fourth-order valence-corrected chi connectivity index (χ4v) is 2.78. The van der Waals surface area contributed by atoms with Gasteiger partial charge in [-0.25, -0.2) is 4.79 Å². The van der Waals surface area contributed by atoms with Crippen molar-refractivity contribution in [3.8, 4) is 11.3 Å². The molecule has 0 atom stereocenters. The Morgan fingerprint density at radius 1 is 1.25 bits per heavy atom. The van der Waals surface area contributed by atoms with Gasteiger partial charge >= 0.3 is 5.97 Å². The van der Waals surface area contributed by atoms with Gasteiger partial charge in [-0.3, -0.25) is 4.90 Å². The van der Waals surface area contributed by atoms with Crippen LogP contribution in [-0.4, -0.2) is 27.2 Å². The number of aromatic nitrogens is 1. The van der Waals surface area contributed by atoms with E-state index in [0.717, 1.165) is 24.7 Å². The average molecular weight is 270 g/mol. The number of hydrogen-bond acceptors (Lipinski definition) is 4. The molecule has 1 aromatic carbocycles. The van der Waals surface area contributed by atoms with Crippen LogP contribution in [-0.2, 0) is 13.1 Å². The summed E-state index contributed by atoms with van der Waals surface area (Å²) >= 11 is 0. The maximum absolute atomic E-state index is 10.8. The molecule has 1 saturated carbocycles. The average Bonchev–Trinajstić information content (AvgIpc) is 3.02. The van der Waals surface area contributed by atoms with Crippen molar-refractivity contribution in [1.29, 1.82) is 0 Å². The molecular formula is C15H14N2O3. The lowest BCUT2D eigenvalue weighted by Crippen LogP contribution is -2.18. The van der Waals surface area contributed by atoms with E-state index in [1.54, 1.807) is 0 Å². The van der Waals surface area contributed by atoms with Gasteiger partial charge in [-0.2, -0.15) is 0 Å². The van der Waals surface area contributed by atoms with E-state index in [-0.39, 0.29) is 5.69 Å². The fraction of sp³-hybridized carbons (Fsp3) is 0.333. The fourth-order valence-electron chi connectivity index (χ4n) is 2.78. The van der Waals surface area contributed by atoms with Crippen LogP contribution >= 0.6 is 0 Å². The van der Waals surface area contributed by atoms with Gasteiger partial charge in [-0.05, 0) is 30.0 Å². The number of benzene rings is 1. The number of aromatic carboxylic acids is 1. The van der Waals surface area contributed by atoms with E-state index < -0.39 is 5.97 Å². The SMILES string of the molecule is O=C(O)c1cc(-c2ccc3c(c2)CN(C2CC2)C3)on1. The van der Waals surface area contributed by atoms with Crippen molar-refractivity contribution < 1.29 is 14.4 Å². The van der Waals surface area contributed by atoms with E-state index >= 15 is 0 Å². The van der Waals surface area contributed by atoms with Crippen LogP contribution in [0.1, 0.15) is 34.5 Å². The molecule has 5 nitrogen and oxygen atoms in total. The summed E-state index contributed by atoms with van der Waals surface area (Å²) in [5, 5.41) is 12.4. The van der Waals surface area contributed by atoms with Gasteiger partial charge in [-0.15, -0.1) is 0 Å². The van der Waals surface area contributed by atoms with Crippen LogP contribution in [0.5, 0.6) is 0 Å². The van der Waals surface area contributed by atoms with E-state index in [4.69, 9.17) is 9.63 Å². The maximum atomic E-state index is 10.8. The van der Waals surface area contributed by atoms with E-state index in [2.05, 4.69) is 22.2 Å². The zero-order valence-corrected chi connectivity index (χ0v) is 10.9.